The summed E-state index contributed by atoms with van der Waals surface area (Å²) in [5.41, 5.74) is 1.16. The van der Waals surface area contributed by atoms with E-state index in [0.717, 1.165) is 17.4 Å². The molecule has 96 valence electrons. The maximum absolute atomic E-state index is 4.47. The monoisotopic (exact) mass is 261 g/mol. The Balaban J connectivity index is 2.06. The Hall–Kier alpha value is -1.39. The van der Waals surface area contributed by atoms with Crippen molar-refractivity contribution < 1.29 is 0 Å². The van der Waals surface area contributed by atoms with Crippen molar-refractivity contribution in [3.63, 3.8) is 0 Å². The van der Waals surface area contributed by atoms with Crippen LogP contribution in [0.2, 0.25) is 0 Å². The van der Waals surface area contributed by atoms with E-state index in [4.69, 9.17) is 0 Å². The molecule has 1 aromatic heterocycles. The van der Waals surface area contributed by atoms with E-state index in [9.17, 15) is 0 Å². The molecule has 0 saturated carbocycles. The second kappa shape index (κ2) is 5.98. The van der Waals surface area contributed by atoms with Crippen LogP contribution in [0.1, 0.15) is 18.7 Å². The normalized spacial score (nSPS) is 10.9. The summed E-state index contributed by atoms with van der Waals surface area (Å²) < 4.78 is 0. The molecule has 0 bridgehead atoms. The standard InChI is InChI=1S/C14H19N3S/c1-11(2)15-9-13-10-16-14(18-13)17(3)12-7-5-4-6-8-12/h4-8,10-11,15H,9H2,1-3H3. The van der Waals surface area contributed by atoms with Gasteiger partial charge in [-0.3, -0.25) is 0 Å². The van der Waals surface area contributed by atoms with Crippen LogP contribution in [0.5, 0.6) is 0 Å². The number of nitrogens with one attached hydrogen (secondary N) is 1. The smallest absolute Gasteiger partial charge is 0.189 e. The third kappa shape index (κ3) is 3.31. The van der Waals surface area contributed by atoms with Gasteiger partial charge in [0.15, 0.2) is 5.13 Å². The van der Waals surface area contributed by atoms with Crippen LogP contribution in [0, 0.1) is 0 Å². The fourth-order valence-corrected chi connectivity index (χ4v) is 2.44. The van der Waals surface area contributed by atoms with Crippen LogP contribution in [0.3, 0.4) is 0 Å². The highest BCUT2D eigenvalue weighted by Crippen LogP contribution is 2.27. The minimum absolute atomic E-state index is 0.502. The first-order valence-corrected chi connectivity index (χ1v) is 6.95. The predicted octanol–water partition coefficient (Wildman–Crippen LogP) is 3.41. The summed E-state index contributed by atoms with van der Waals surface area (Å²) in [4.78, 5) is 7.85. The largest absolute Gasteiger partial charge is 0.321 e. The lowest BCUT2D eigenvalue weighted by molar-refractivity contribution is 0.593. The second-order valence-corrected chi connectivity index (χ2v) is 5.63. The molecule has 18 heavy (non-hydrogen) atoms. The molecule has 0 saturated heterocycles. The van der Waals surface area contributed by atoms with E-state index in [2.05, 4.69) is 41.2 Å². The predicted molar refractivity (Wildman–Crippen MR) is 78.6 cm³/mol. The quantitative estimate of drug-likeness (QED) is 0.894. The van der Waals surface area contributed by atoms with Crippen molar-refractivity contribution in [3.05, 3.63) is 41.4 Å². The first kappa shape index (κ1) is 13.1. The number of aromatic nitrogens is 1. The summed E-state index contributed by atoms with van der Waals surface area (Å²) in [5.74, 6) is 0. The Labute approximate surface area is 112 Å². The summed E-state index contributed by atoms with van der Waals surface area (Å²) in [6.45, 7) is 5.19. The summed E-state index contributed by atoms with van der Waals surface area (Å²) in [5, 5.41) is 4.44. The van der Waals surface area contributed by atoms with Gasteiger partial charge in [0.25, 0.3) is 0 Å². The Morgan fingerprint density at radius 3 is 2.67 bits per heavy atom. The molecule has 0 fully saturated rings. The lowest BCUT2D eigenvalue weighted by atomic mass is 10.3. The Morgan fingerprint density at radius 2 is 2.00 bits per heavy atom. The summed E-state index contributed by atoms with van der Waals surface area (Å²) in [7, 11) is 2.05. The molecule has 2 rings (SSSR count). The van der Waals surface area contributed by atoms with E-state index < -0.39 is 0 Å². The highest BCUT2D eigenvalue weighted by Gasteiger charge is 2.08. The van der Waals surface area contributed by atoms with Crippen LogP contribution in [0.15, 0.2) is 36.5 Å². The van der Waals surface area contributed by atoms with Crippen molar-refractivity contribution in [3.8, 4) is 0 Å². The molecule has 0 aliphatic rings. The van der Waals surface area contributed by atoms with Crippen LogP contribution in [-0.2, 0) is 6.54 Å². The third-order valence-corrected chi connectivity index (χ3v) is 3.73. The highest BCUT2D eigenvalue weighted by molar-refractivity contribution is 7.15. The molecule has 4 heteroatoms. The molecule has 0 amide bonds. The zero-order valence-corrected chi connectivity index (χ0v) is 11.9. The van der Waals surface area contributed by atoms with Gasteiger partial charge in [-0.2, -0.15) is 0 Å². The molecular weight excluding hydrogens is 242 g/mol. The molecule has 3 nitrogen and oxygen atoms in total. The van der Waals surface area contributed by atoms with E-state index in [0.29, 0.717) is 6.04 Å². The van der Waals surface area contributed by atoms with Gasteiger partial charge in [-0.15, -0.1) is 11.3 Å². The number of hydrogen-bond donors (Lipinski definition) is 1. The SMILES string of the molecule is CC(C)NCc1cnc(N(C)c2ccccc2)s1. The average Bonchev–Trinajstić information content (AvgIpc) is 2.85. The van der Waals surface area contributed by atoms with Gasteiger partial charge in [0, 0.05) is 36.4 Å². The van der Waals surface area contributed by atoms with Gasteiger partial charge < -0.3 is 10.2 Å². The number of hydrogen-bond acceptors (Lipinski definition) is 4. The van der Waals surface area contributed by atoms with Gasteiger partial charge in [0.2, 0.25) is 0 Å². The van der Waals surface area contributed by atoms with Gasteiger partial charge in [-0.1, -0.05) is 32.0 Å². The Bertz CT molecular complexity index is 479. The summed E-state index contributed by atoms with van der Waals surface area (Å²) in [6, 6.07) is 10.8. The molecule has 0 aliphatic heterocycles. The van der Waals surface area contributed by atoms with Crippen molar-refractivity contribution in [2.45, 2.75) is 26.4 Å². The maximum Gasteiger partial charge on any atom is 0.189 e. The second-order valence-electron chi connectivity index (χ2n) is 4.54. The first-order chi connectivity index (χ1) is 8.66. The van der Waals surface area contributed by atoms with Crippen molar-refractivity contribution in [2.75, 3.05) is 11.9 Å². The molecule has 0 spiro atoms. The molecule has 1 aromatic carbocycles. The topological polar surface area (TPSA) is 28.2 Å². The average molecular weight is 261 g/mol. The van der Waals surface area contributed by atoms with E-state index in [1.807, 2.05) is 31.4 Å². The highest BCUT2D eigenvalue weighted by atomic mass is 32.1. The number of thiazole rings is 1. The van der Waals surface area contributed by atoms with Crippen LogP contribution < -0.4 is 10.2 Å². The van der Waals surface area contributed by atoms with Crippen molar-refractivity contribution in [1.82, 2.24) is 10.3 Å². The number of benzene rings is 1. The van der Waals surface area contributed by atoms with E-state index in [1.165, 1.54) is 4.88 Å². The first-order valence-electron chi connectivity index (χ1n) is 6.13. The van der Waals surface area contributed by atoms with Crippen LogP contribution in [0.25, 0.3) is 0 Å². The van der Waals surface area contributed by atoms with Gasteiger partial charge >= 0.3 is 0 Å². The van der Waals surface area contributed by atoms with Gasteiger partial charge in [-0.05, 0) is 12.1 Å². The van der Waals surface area contributed by atoms with Crippen molar-refractivity contribution in [2.24, 2.45) is 0 Å². The van der Waals surface area contributed by atoms with Crippen molar-refractivity contribution >= 4 is 22.2 Å². The zero-order valence-electron chi connectivity index (χ0n) is 11.1. The molecule has 0 unspecified atom stereocenters. The maximum atomic E-state index is 4.47. The van der Waals surface area contributed by atoms with Gasteiger partial charge in [0.05, 0.1) is 0 Å². The number of nitrogens with zero attached hydrogens (tertiary/aromatic N) is 2. The van der Waals surface area contributed by atoms with Crippen LogP contribution in [-0.4, -0.2) is 18.1 Å². The zero-order chi connectivity index (χ0) is 13.0. The fourth-order valence-electron chi connectivity index (χ4n) is 1.60. The minimum atomic E-state index is 0.502. The molecule has 0 aliphatic carbocycles. The summed E-state index contributed by atoms with van der Waals surface area (Å²) >= 11 is 1.73. The molecule has 1 N–H and O–H groups in total. The lowest BCUT2D eigenvalue weighted by Crippen LogP contribution is -2.21. The summed E-state index contributed by atoms with van der Waals surface area (Å²) in [6.07, 6.45) is 1.95. The molecule has 0 atom stereocenters. The Kier molecular flexibility index (Phi) is 4.33. The minimum Gasteiger partial charge on any atom is -0.321 e. The number of rotatable bonds is 5. The van der Waals surface area contributed by atoms with Crippen LogP contribution >= 0.6 is 11.3 Å². The van der Waals surface area contributed by atoms with Gasteiger partial charge in [0.1, 0.15) is 0 Å². The number of para-hydroxylation sites is 1. The van der Waals surface area contributed by atoms with E-state index in [1.54, 1.807) is 11.3 Å². The third-order valence-electron chi connectivity index (χ3n) is 2.66. The van der Waals surface area contributed by atoms with E-state index >= 15 is 0 Å². The lowest BCUT2D eigenvalue weighted by Gasteiger charge is -2.15. The van der Waals surface area contributed by atoms with Crippen LogP contribution in [0.4, 0.5) is 10.8 Å². The van der Waals surface area contributed by atoms with Gasteiger partial charge in [-0.25, -0.2) is 4.98 Å². The number of anilines is 2. The molecule has 0 radical (unpaired) electrons. The Morgan fingerprint density at radius 1 is 1.28 bits per heavy atom. The molecule has 1 heterocycles. The fraction of sp³-hybridized carbons (Fsp3) is 0.357. The van der Waals surface area contributed by atoms with E-state index in [-0.39, 0.29) is 0 Å². The van der Waals surface area contributed by atoms with Crippen molar-refractivity contribution in [1.29, 1.82) is 0 Å². The molecular formula is C14H19N3S. The molecule has 2 aromatic rings.